The topological polar surface area (TPSA) is 142 Å². The maximum Gasteiger partial charge on any atom is 0.410 e. The number of rotatable bonds is 7. The Bertz CT molecular complexity index is 1380. The van der Waals surface area contributed by atoms with Gasteiger partial charge in [-0.1, -0.05) is 47.5 Å². The van der Waals surface area contributed by atoms with Gasteiger partial charge in [0.05, 0.1) is 17.4 Å². The quantitative estimate of drug-likeness (QED) is 0.529. The Balaban J connectivity index is 1.50. The van der Waals surface area contributed by atoms with Gasteiger partial charge in [-0.3, -0.25) is 14.4 Å². The first kappa shape index (κ1) is 28.4. The van der Waals surface area contributed by atoms with E-state index in [4.69, 9.17) is 16.3 Å². The molecule has 2 saturated heterocycles. The fourth-order valence-electron chi connectivity index (χ4n) is 4.74. The van der Waals surface area contributed by atoms with Gasteiger partial charge < -0.3 is 19.6 Å². The highest BCUT2D eigenvalue weighted by Crippen LogP contribution is 2.30. The minimum atomic E-state index is -4.31. The molecule has 0 radical (unpaired) electrons. The van der Waals surface area contributed by atoms with Crippen LogP contribution >= 0.6 is 11.6 Å². The summed E-state index contributed by atoms with van der Waals surface area (Å²) in [4.78, 5) is 53.1. The number of carbonyl (C=O) groups is 4. The number of aliphatic carboxylic acids is 1. The van der Waals surface area contributed by atoms with Crippen LogP contribution in [-0.4, -0.2) is 83.2 Å². The molecule has 208 valence electrons. The molecule has 2 aromatic carbocycles. The number of hydrogen-bond acceptors (Lipinski definition) is 7. The van der Waals surface area contributed by atoms with Crippen LogP contribution in [0.25, 0.3) is 0 Å². The van der Waals surface area contributed by atoms with E-state index in [2.05, 4.69) is 0 Å². The SMILES string of the molecule is Cc1ccc(S(=O)(=O)N2C(=O)CC[C@H]2C(=O)N2CCN(C(=O)OCc3ccccc3Cl)CC2CC(=O)O)cc1. The molecular formula is C26H28ClN3O8S. The molecule has 13 heteroatoms. The fraction of sp³-hybridized carbons (Fsp3) is 0.385. The minimum absolute atomic E-state index is 0.0252. The summed E-state index contributed by atoms with van der Waals surface area (Å²) >= 11 is 6.11. The average molecular weight is 578 g/mol. The fourth-order valence-corrected chi connectivity index (χ4v) is 6.52. The lowest BCUT2D eigenvalue weighted by atomic mass is 10.1. The Hall–Kier alpha value is -3.64. The van der Waals surface area contributed by atoms with Gasteiger partial charge in [-0.15, -0.1) is 0 Å². The molecule has 2 fully saturated rings. The van der Waals surface area contributed by atoms with E-state index < -0.39 is 52.4 Å². The molecule has 2 aromatic rings. The van der Waals surface area contributed by atoms with Crippen LogP contribution in [0.4, 0.5) is 4.79 Å². The molecule has 0 bridgehead atoms. The Kier molecular flexibility index (Phi) is 8.45. The molecule has 0 aliphatic carbocycles. The highest BCUT2D eigenvalue weighted by Gasteiger charge is 2.47. The smallest absolute Gasteiger partial charge is 0.410 e. The third-order valence-corrected chi connectivity index (χ3v) is 8.98. The maximum absolute atomic E-state index is 13.6. The number of hydrogen-bond donors (Lipinski definition) is 1. The van der Waals surface area contributed by atoms with Crippen LogP contribution < -0.4 is 0 Å². The molecule has 2 atom stereocenters. The van der Waals surface area contributed by atoms with Crippen molar-refractivity contribution < 1.29 is 37.4 Å². The summed E-state index contributed by atoms with van der Waals surface area (Å²) in [5, 5.41) is 9.92. The maximum atomic E-state index is 13.6. The number of carbonyl (C=O) groups excluding carboxylic acids is 3. The Morgan fingerprint density at radius 3 is 2.44 bits per heavy atom. The summed E-state index contributed by atoms with van der Waals surface area (Å²) in [5.41, 5.74) is 1.43. The number of nitrogens with zero attached hydrogens (tertiary/aromatic N) is 3. The third-order valence-electron chi connectivity index (χ3n) is 6.77. The number of amides is 3. The van der Waals surface area contributed by atoms with Crippen LogP contribution in [0.15, 0.2) is 53.4 Å². The van der Waals surface area contributed by atoms with Crippen molar-refractivity contribution in [3.8, 4) is 0 Å². The van der Waals surface area contributed by atoms with Gasteiger partial charge in [0.2, 0.25) is 11.8 Å². The summed E-state index contributed by atoms with van der Waals surface area (Å²) in [7, 11) is -4.31. The van der Waals surface area contributed by atoms with E-state index >= 15 is 0 Å². The van der Waals surface area contributed by atoms with E-state index in [-0.39, 0.29) is 44.0 Å². The molecule has 0 aromatic heterocycles. The molecule has 39 heavy (non-hydrogen) atoms. The van der Waals surface area contributed by atoms with Crippen molar-refractivity contribution in [1.29, 1.82) is 0 Å². The second-order valence-electron chi connectivity index (χ2n) is 9.44. The molecule has 2 heterocycles. The normalized spacial score (nSPS) is 19.7. The molecule has 2 aliphatic rings. The van der Waals surface area contributed by atoms with Crippen LogP contribution in [0.2, 0.25) is 5.02 Å². The van der Waals surface area contributed by atoms with E-state index in [0.29, 0.717) is 14.9 Å². The zero-order chi connectivity index (χ0) is 28.3. The van der Waals surface area contributed by atoms with Crippen LogP contribution in [0.5, 0.6) is 0 Å². The second-order valence-corrected chi connectivity index (χ2v) is 11.7. The van der Waals surface area contributed by atoms with Gasteiger partial charge in [-0.25, -0.2) is 17.5 Å². The molecule has 0 saturated carbocycles. The number of benzene rings is 2. The Morgan fingerprint density at radius 1 is 1.08 bits per heavy atom. The lowest BCUT2D eigenvalue weighted by Crippen LogP contribution is -2.60. The van der Waals surface area contributed by atoms with E-state index in [1.807, 2.05) is 0 Å². The summed E-state index contributed by atoms with van der Waals surface area (Å²) in [6.45, 7) is 1.55. The predicted molar refractivity (Wildman–Crippen MR) is 139 cm³/mol. The monoisotopic (exact) mass is 577 g/mol. The molecule has 1 N–H and O–H groups in total. The first-order valence-corrected chi connectivity index (χ1v) is 14.1. The highest BCUT2D eigenvalue weighted by molar-refractivity contribution is 7.89. The molecule has 11 nitrogen and oxygen atoms in total. The van der Waals surface area contributed by atoms with E-state index in [1.165, 1.54) is 21.9 Å². The standard InChI is InChI=1S/C26H28ClN3O8S/c1-17-6-8-20(9-7-17)39(36,37)30-22(10-11-23(30)31)25(34)29-13-12-28(15-19(29)14-24(32)33)26(35)38-16-18-4-2-3-5-21(18)27/h2-9,19,22H,10-16H2,1H3,(H,32,33)/t19?,22-/m0/s1. The zero-order valence-electron chi connectivity index (χ0n) is 21.2. The van der Waals surface area contributed by atoms with Crippen molar-refractivity contribution in [3.63, 3.8) is 0 Å². The van der Waals surface area contributed by atoms with Crippen LogP contribution in [0, 0.1) is 6.92 Å². The number of ether oxygens (including phenoxy) is 1. The van der Waals surface area contributed by atoms with Crippen molar-refractivity contribution in [2.45, 2.75) is 49.8 Å². The third kappa shape index (κ3) is 6.17. The number of halogens is 1. The zero-order valence-corrected chi connectivity index (χ0v) is 22.7. The largest absolute Gasteiger partial charge is 0.481 e. The number of sulfonamides is 1. The van der Waals surface area contributed by atoms with Crippen LogP contribution in [-0.2, 0) is 35.8 Å². The molecule has 0 spiro atoms. The second kappa shape index (κ2) is 11.6. The summed E-state index contributed by atoms with van der Waals surface area (Å²) < 4.78 is 32.6. The molecular weight excluding hydrogens is 550 g/mol. The molecule has 3 amide bonds. The van der Waals surface area contributed by atoms with Gasteiger partial charge >= 0.3 is 12.1 Å². The minimum Gasteiger partial charge on any atom is -0.481 e. The van der Waals surface area contributed by atoms with Crippen LogP contribution in [0.1, 0.15) is 30.4 Å². The first-order valence-electron chi connectivity index (χ1n) is 12.3. The van der Waals surface area contributed by atoms with Gasteiger partial charge in [-0.05, 0) is 31.5 Å². The molecule has 2 aliphatic heterocycles. The highest BCUT2D eigenvalue weighted by atomic mass is 35.5. The van der Waals surface area contributed by atoms with Crippen molar-refractivity contribution in [2.24, 2.45) is 0 Å². The van der Waals surface area contributed by atoms with Gasteiger partial charge in [0.25, 0.3) is 10.0 Å². The van der Waals surface area contributed by atoms with Crippen LogP contribution in [0.3, 0.4) is 0 Å². The summed E-state index contributed by atoms with van der Waals surface area (Å²) in [6, 6.07) is 10.5. The predicted octanol–water partition coefficient (Wildman–Crippen LogP) is 2.65. The number of carboxylic acids is 1. The van der Waals surface area contributed by atoms with E-state index in [0.717, 1.165) is 5.56 Å². The average Bonchev–Trinajstić information content (AvgIpc) is 3.29. The van der Waals surface area contributed by atoms with Gasteiger partial charge in [0, 0.05) is 36.6 Å². The Labute approximate surface area is 230 Å². The van der Waals surface area contributed by atoms with Crippen molar-refractivity contribution in [3.05, 3.63) is 64.7 Å². The van der Waals surface area contributed by atoms with Gasteiger partial charge in [-0.2, -0.15) is 0 Å². The van der Waals surface area contributed by atoms with Crippen molar-refractivity contribution in [1.82, 2.24) is 14.1 Å². The van der Waals surface area contributed by atoms with Crippen molar-refractivity contribution in [2.75, 3.05) is 19.6 Å². The van der Waals surface area contributed by atoms with E-state index in [1.54, 1.807) is 43.3 Å². The lowest BCUT2D eigenvalue weighted by Gasteiger charge is -2.42. The number of carboxylic acid groups (broad SMARTS) is 1. The van der Waals surface area contributed by atoms with E-state index in [9.17, 15) is 32.7 Å². The number of aryl methyl sites for hydroxylation is 1. The number of piperazine rings is 1. The van der Waals surface area contributed by atoms with Crippen molar-refractivity contribution >= 4 is 45.5 Å². The summed E-state index contributed by atoms with van der Waals surface area (Å²) in [5.74, 6) is -2.58. The van der Waals surface area contributed by atoms with Gasteiger partial charge in [0.1, 0.15) is 12.6 Å². The summed E-state index contributed by atoms with van der Waals surface area (Å²) in [6.07, 6.45) is -1.34. The first-order chi connectivity index (χ1) is 18.5. The lowest BCUT2D eigenvalue weighted by molar-refractivity contribution is -0.146. The molecule has 4 rings (SSSR count). The van der Waals surface area contributed by atoms with Gasteiger partial charge in [0.15, 0.2) is 0 Å². The Morgan fingerprint density at radius 2 is 1.77 bits per heavy atom. The molecule has 1 unspecified atom stereocenters.